The number of benzene rings is 1. The molecular weight excluding hydrogens is 643 g/mol. The molecule has 0 amide bonds. The summed E-state index contributed by atoms with van der Waals surface area (Å²) in [5, 5.41) is 10.9. The van der Waals surface area contributed by atoms with Crippen molar-refractivity contribution in [2.24, 2.45) is 29.6 Å². The Morgan fingerprint density at radius 1 is 0.623 bits per heavy atom. The molecule has 0 bridgehead atoms. The van der Waals surface area contributed by atoms with Crippen molar-refractivity contribution in [1.29, 1.82) is 0 Å². The Morgan fingerprint density at radius 2 is 1.38 bits per heavy atom. The maximum atomic E-state index is 4.09. The Kier molecular flexibility index (Phi) is 7.80. The number of hydrogen-bond acceptors (Lipinski definition) is 3. The molecule has 53 heavy (non-hydrogen) atoms. The van der Waals surface area contributed by atoms with Gasteiger partial charge >= 0.3 is 0 Å². The summed E-state index contributed by atoms with van der Waals surface area (Å²) >= 11 is 0. The normalized spacial score (nSPS) is 34.8. The number of allylic oxidation sites excluding steroid dienone is 20. The van der Waals surface area contributed by atoms with Crippen molar-refractivity contribution in [2.45, 2.75) is 56.8 Å². The Bertz CT molecular complexity index is 2300. The molecule has 2 N–H and O–H groups in total. The molecule has 3 heteroatoms. The number of nitrogens with one attached hydrogen (secondary N) is 2. The van der Waals surface area contributed by atoms with Crippen LogP contribution < -0.4 is 21.1 Å². The highest BCUT2D eigenvalue weighted by molar-refractivity contribution is 5.85. The molecule has 11 rings (SSSR count). The molecule has 1 aromatic rings. The second-order valence-electron chi connectivity index (χ2n) is 16.5. The van der Waals surface area contributed by atoms with E-state index in [0.29, 0.717) is 41.8 Å². The Hall–Kier alpha value is -4.70. The minimum Gasteiger partial charge on any atom is -0.378 e. The number of nitrogens with zero attached hydrogens (tertiary/aromatic N) is 1. The van der Waals surface area contributed by atoms with Gasteiger partial charge in [0.2, 0.25) is 0 Å². The fourth-order valence-corrected chi connectivity index (χ4v) is 11.4. The second kappa shape index (κ2) is 13.0. The van der Waals surface area contributed by atoms with Crippen molar-refractivity contribution in [1.82, 2.24) is 15.5 Å². The van der Waals surface area contributed by atoms with Crippen LogP contribution in [0.4, 0.5) is 0 Å². The summed E-state index contributed by atoms with van der Waals surface area (Å²) in [5.41, 5.74) is 13.7. The molecule has 1 saturated carbocycles. The van der Waals surface area contributed by atoms with Crippen LogP contribution in [-0.4, -0.2) is 36.2 Å². The van der Waals surface area contributed by atoms with Crippen molar-refractivity contribution in [3.8, 4) is 0 Å². The first kappa shape index (κ1) is 31.8. The van der Waals surface area contributed by atoms with E-state index < -0.39 is 0 Å². The van der Waals surface area contributed by atoms with Gasteiger partial charge in [0.05, 0.1) is 12.2 Å². The summed E-state index contributed by atoms with van der Waals surface area (Å²) in [6.45, 7) is 2.14. The highest BCUT2D eigenvalue weighted by Crippen LogP contribution is 2.61. The van der Waals surface area contributed by atoms with Crippen molar-refractivity contribution < 1.29 is 0 Å². The highest BCUT2D eigenvalue weighted by Gasteiger charge is 2.52. The minimum absolute atomic E-state index is 0.270. The van der Waals surface area contributed by atoms with E-state index in [2.05, 4.69) is 155 Å². The molecule has 10 aliphatic rings. The van der Waals surface area contributed by atoms with E-state index in [-0.39, 0.29) is 6.04 Å². The number of dihydropyridines is 1. The van der Waals surface area contributed by atoms with E-state index in [4.69, 9.17) is 0 Å². The fraction of sp³-hybridized carbons (Fsp3) is 0.320. The van der Waals surface area contributed by atoms with E-state index in [1.165, 1.54) is 51.3 Å². The van der Waals surface area contributed by atoms with Gasteiger partial charge in [-0.15, -0.1) is 0 Å². The van der Waals surface area contributed by atoms with E-state index in [1.54, 1.807) is 22.3 Å². The van der Waals surface area contributed by atoms with Gasteiger partial charge < -0.3 is 5.32 Å². The zero-order valence-corrected chi connectivity index (χ0v) is 30.5. The molecule has 7 aliphatic carbocycles. The molecule has 3 nitrogen and oxygen atoms in total. The Labute approximate surface area is 314 Å². The van der Waals surface area contributed by atoms with Gasteiger partial charge in [-0.1, -0.05) is 145 Å². The van der Waals surface area contributed by atoms with E-state index in [1.807, 2.05) is 0 Å². The fourth-order valence-electron chi connectivity index (χ4n) is 11.4. The average Bonchev–Trinajstić information content (AvgIpc) is 3.81. The molecule has 2 fully saturated rings. The van der Waals surface area contributed by atoms with Gasteiger partial charge in [0.25, 0.3) is 0 Å². The summed E-state index contributed by atoms with van der Waals surface area (Å²) < 4.78 is 0. The molecule has 264 valence electrons. The number of fused-ring (bicyclic) bond motifs is 5. The van der Waals surface area contributed by atoms with Gasteiger partial charge in [-0.2, -0.15) is 0 Å². The standard InChI is InChI=1S/C50H49N3/c1-4-14-32(15-5-1)44-31-53-30-35(26-29-45(53)52-44)42-24-13-25-43(51-42)36-27-28-41-48-37(36)22-12-23-40(48)49-46(33-16-6-2-7-17-33)38-20-10-11-21-39(38)47(50(41)49)34-18-8-3-9-19-34/h2-4,6,8,10-16,18,20-29,35,37,42,44-45,48-52H,1,5,7,9,17,19,30-31H2. The minimum atomic E-state index is 0.270. The van der Waals surface area contributed by atoms with Crippen LogP contribution in [0.15, 0.2) is 179 Å². The van der Waals surface area contributed by atoms with Crippen LogP contribution in [0.3, 0.4) is 0 Å². The third-order valence-corrected chi connectivity index (χ3v) is 13.7. The van der Waals surface area contributed by atoms with Crippen LogP contribution in [0, 0.1) is 29.6 Å². The van der Waals surface area contributed by atoms with Gasteiger partial charge in [-0.25, -0.2) is 0 Å². The van der Waals surface area contributed by atoms with Gasteiger partial charge in [-0.3, -0.25) is 10.2 Å². The summed E-state index contributed by atoms with van der Waals surface area (Å²) in [7, 11) is 0. The highest BCUT2D eigenvalue weighted by atomic mass is 15.3. The zero-order chi connectivity index (χ0) is 34.9. The first-order valence-corrected chi connectivity index (χ1v) is 20.4. The van der Waals surface area contributed by atoms with Crippen LogP contribution in [0.5, 0.6) is 0 Å². The number of hydrogen-bond donors (Lipinski definition) is 2. The molecule has 8 unspecified atom stereocenters. The summed E-state index contributed by atoms with van der Waals surface area (Å²) in [4.78, 5) is 2.65. The monoisotopic (exact) mass is 691 g/mol. The molecule has 0 spiro atoms. The Morgan fingerprint density at radius 3 is 2.09 bits per heavy atom. The van der Waals surface area contributed by atoms with Crippen LogP contribution in [0.25, 0.3) is 11.1 Å². The summed E-state index contributed by atoms with van der Waals surface area (Å²) in [6, 6.07) is 10.1. The predicted octanol–water partition coefficient (Wildman–Crippen LogP) is 7.87. The maximum Gasteiger partial charge on any atom is 0.0795 e. The van der Waals surface area contributed by atoms with Crippen molar-refractivity contribution in [3.63, 3.8) is 0 Å². The molecular formula is C50H49N3. The lowest BCUT2D eigenvalue weighted by Gasteiger charge is -2.38. The molecule has 3 aliphatic heterocycles. The van der Waals surface area contributed by atoms with Gasteiger partial charge in [-0.05, 0) is 88.5 Å². The molecule has 1 saturated heterocycles. The van der Waals surface area contributed by atoms with Crippen LogP contribution in [0.2, 0.25) is 0 Å². The molecule has 1 aromatic carbocycles. The van der Waals surface area contributed by atoms with Crippen LogP contribution >= 0.6 is 0 Å². The quantitative estimate of drug-likeness (QED) is 0.308. The maximum absolute atomic E-state index is 4.09. The first-order valence-electron chi connectivity index (χ1n) is 20.4. The molecule has 3 heterocycles. The summed E-state index contributed by atoms with van der Waals surface area (Å²) in [5.74, 6) is 1.85. The van der Waals surface area contributed by atoms with Gasteiger partial charge in [0.15, 0.2) is 0 Å². The van der Waals surface area contributed by atoms with Crippen LogP contribution in [0.1, 0.15) is 38.5 Å². The molecule has 8 atom stereocenters. The SMILES string of the molecule is C1=CCCC(C2=c3ccccc3=C(C3=CC=CCC3)C3C4=CC=C(C5=CC=CC(C6C=CC7NC(C8=CCCC=C8)CN7C6)N5)C5C=CC=C(C45)C23)=C1. The lowest BCUT2D eigenvalue weighted by atomic mass is 9.69. The van der Waals surface area contributed by atoms with E-state index in [0.717, 1.165) is 38.8 Å². The molecule has 0 radical (unpaired) electrons. The van der Waals surface area contributed by atoms with E-state index in [9.17, 15) is 0 Å². The van der Waals surface area contributed by atoms with E-state index >= 15 is 0 Å². The Balaban J connectivity index is 0.933. The third kappa shape index (κ3) is 5.22. The lowest BCUT2D eigenvalue weighted by molar-refractivity contribution is 0.224. The van der Waals surface area contributed by atoms with Gasteiger partial charge in [0, 0.05) is 54.4 Å². The smallest absolute Gasteiger partial charge is 0.0795 e. The van der Waals surface area contributed by atoms with Crippen molar-refractivity contribution in [3.05, 3.63) is 189 Å². The topological polar surface area (TPSA) is 27.3 Å². The second-order valence-corrected chi connectivity index (χ2v) is 16.5. The van der Waals surface area contributed by atoms with Crippen molar-refractivity contribution in [2.75, 3.05) is 13.1 Å². The predicted molar refractivity (Wildman–Crippen MR) is 218 cm³/mol. The van der Waals surface area contributed by atoms with Crippen LogP contribution in [-0.2, 0) is 0 Å². The molecule has 0 aromatic heterocycles. The average molecular weight is 692 g/mol. The number of rotatable bonds is 5. The van der Waals surface area contributed by atoms with Gasteiger partial charge in [0.1, 0.15) is 0 Å². The van der Waals surface area contributed by atoms with Crippen molar-refractivity contribution >= 4 is 11.1 Å². The summed E-state index contributed by atoms with van der Waals surface area (Å²) in [6.07, 6.45) is 52.7. The lowest BCUT2D eigenvalue weighted by Crippen LogP contribution is -2.47. The zero-order valence-electron chi connectivity index (χ0n) is 30.5. The largest absolute Gasteiger partial charge is 0.378 e. The first-order chi connectivity index (χ1) is 26.3. The third-order valence-electron chi connectivity index (χ3n) is 13.7.